The van der Waals surface area contributed by atoms with Crippen LogP contribution in [0.25, 0.3) is 0 Å². The molecule has 0 saturated carbocycles. The lowest BCUT2D eigenvalue weighted by atomic mass is 9.93. The second-order valence-corrected chi connectivity index (χ2v) is 5.50. The maximum atomic E-state index is 8.66. The SMILES string of the molecule is CC(C)(C)c1csc(CCCCO)n1. The lowest BCUT2D eigenvalue weighted by molar-refractivity contribution is 0.284. The van der Waals surface area contributed by atoms with E-state index < -0.39 is 0 Å². The standard InChI is InChI=1S/C11H19NOS/c1-11(2,3)9-8-14-10(12-9)6-4-5-7-13/h8,13H,4-7H2,1-3H3. The Morgan fingerprint density at radius 1 is 1.36 bits per heavy atom. The Bertz CT molecular complexity index is 275. The van der Waals surface area contributed by atoms with Crippen molar-refractivity contribution in [1.82, 2.24) is 4.98 Å². The molecule has 0 fully saturated rings. The molecule has 0 radical (unpaired) electrons. The average molecular weight is 213 g/mol. The monoisotopic (exact) mass is 213 g/mol. The molecule has 0 amide bonds. The predicted molar refractivity (Wildman–Crippen MR) is 60.8 cm³/mol. The second-order valence-electron chi connectivity index (χ2n) is 4.56. The highest BCUT2D eigenvalue weighted by Crippen LogP contribution is 2.24. The Hall–Kier alpha value is -0.410. The molecule has 80 valence electrons. The van der Waals surface area contributed by atoms with Crippen LogP contribution in [0, 0.1) is 0 Å². The fourth-order valence-electron chi connectivity index (χ4n) is 1.16. The Morgan fingerprint density at radius 3 is 2.57 bits per heavy atom. The summed E-state index contributed by atoms with van der Waals surface area (Å²) in [6, 6.07) is 0. The van der Waals surface area contributed by atoms with Crippen molar-refractivity contribution >= 4 is 11.3 Å². The molecule has 1 heterocycles. The van der Waals surface area contributed by atoms with Gasteiger partial charge >= 0.3 is 0 Å². The van der Waals surface area contributed by atoms with Gasteiger partial charge in [-0.05, 0) is 19.3 Å². The zero-order valence-electron chi connectivity index (χ0n) is 9.21. The zero-order valence-corrected chi connectivity index (χ0v) is 10.0. The summed E-state index contributed by atoms with van der Waals surface area (Å²) < 4.78 is 0. The molecule has 0 aromatic carbocycles. The summed E-state index contributed by atoms with van der Waals surface area (Å²) in [5.41, 5.74) is 1.34. The summed E-state index contributed by atoms with van der Waals surface area (Å²) in [5, 5.41) is 12.0. The van der Waals surface area contributed by atoms with Gasteiger partial charge in [0, 0.05) is 17.4 Å². The van der Waals surface area contributed by atoms with Gasteiger partial charge in [0.05, 0.1) is 10.7 Å². The van der Waals surface area contributed by atoms with Crippen LogP contribution in [-0.2, 0) is 11.8 Å². The van der Waals surface area contributed by atoms with E-state index in [0.717, 1.165) is 19.3 Å². The Balaban J connectivity index is 2.51. The van der Waals surface area contributed by atoms with E-state index in [9.17, 15) is 0 Å². The topological polar surface area (TPSA) is 33.1 Å². The highest BCUT2D eigenvalue weighted by atomic mass is 32.1. The van der Waals surface area contributed by atoms with Crippen molar-refractivity contribution in [3.8, 4) is 0 Å². The second kappa shape index (κ2) is 4.89. The minimum atomic E-state index is 0.158. The van der Waals surface area contributed by atoms with Crippen molar-refractivity contribution in [1.29, 1.82) is 0 Å². The fourth-order valence-corrected chi connectivity index (χ4v) is 2.23. The highest BCUT2D eigenvalue weighted by molar-refractivity contribution is 7.09. The van der Waals surface area contributed by atoms with Crippen molar-refractivity contribution in [2.24, 2.45) is 0 Å². The first-order valence-corrected chi connectivity index (χ1v) is 5.98. The Kier molecular flexibility index (Phi) is 4.08. The fraction of sp³-hybridized carbons (Fsp3) is 0.727. The quantitative estimate of drug-likeness (QED) is 0.780. The molecule has 14 heavy (non-hydrogen) atoms. The lowest BCUT2D eigenvalue weighted by Crippen LogP contribution is -2.11. The summed E-state index contributed by atoms with van der Waals surface area (Å²) >= 11 is 1.73. The number of aliphatic hydroxyl groups is 1. The summed E-state index contributed by atoms with van der Waals surface area (Å²) in [6.07, 6.45) is 2.92. The number of hydrogen-bond donors (Lipinski definition) is 1. The molecule has 3 heteroatoms. The van der Waals surface area contributed by atoms with Gasteiger partial charge in [0.2, 0.25) is 0 Å². The lowest BCUT2D eigenvalue weighted by Gasteiger charge is -2.14. The first-order valence-electron chi connectivity index (χ1n) is 5.10. The highest BCUT2D eigenvalue weighted by Gasteiger charge is 2.16. The van der Waals surface area contributed by atoms with Gasteiger partial charge < -0.3 is 5.11 Å². The van der Waals surface area contributed by atoms with E-state index in [1.165, 1.54) is 10.7 Å². The minimum Gasteiger partial charge on any atom is -0.396 e. The molecule has 0 aliphatic heterocycles. The van der Waals surface area contributed by atoms with Crippen LogP contribution in [0.2, 0.25) is 0 Å². The molecule has 0 atom stereocenters. The van der Waals surface area contributed by atoms with E-state index in [1.54, 1.807) is 11.3 Å². The van der Waals surface area contributed by atoms with Gasteiger partial charge in [-0.1, -0.05) is 20.8 Å². The van der Waals surface area contributed by atoms with E-state index in [4.69, 9.17) is 5.11 Å². The largest absolute Gasteiger partial charge is 0.396 e. The van der Waals surface area contributed by atoms with E-state index in [1.807, 2.05) is 0 Å². The van der Waals surface area contributed by atoms with Crippen molar-refractivity contribution in [2.75, 3.05) is 6.61 Å². The molecule has 0 saturated heterocycles. The van der Waals surface area contributed by atoms with Crippen molar-refractivity contribution in [3.63, 3.8) is 0 Å². The third-order valence-electron chi connectivity index (χ3n) is 2.12. The predicted octanol–water partition coefficient (Wildman–Crippen LogP) is 2.76. The van der Waals surface area contributed by atoms with Crippen molar-refractivity contribution in [2.45, 2.75) is 45.4 Å². The first-order chi connectivity index (χ1) is 6.54. The molecule has 0 aliphatic rings. The number of aromatic nitrogens is 1. The molecule has 2 nitrogen and oxygen atoms in total. The molecule has 0 unspecified atom stereocenters. The molecule has 1 rings (SSSR count). The van der Waals surface area contributed by atoms with Crippen molar-refractivity contribution in [3.05, 3.63) is 16.1 Å². The maximum absolute atomic E-state index is 8.66. The number of rotatable bonds is 4. The molecule has 1 aromatic rings. The van der Waals surface area contributed by atoms with Gasteiger partial charge in [-0.25, -0.2) is 4.98 Å². The summed E-state index contributed by atoms with van der Waals surface area (Å²) in [6.45, 7) is 6.83. The third kappa shape index (κ3) is 3.39. The third-order valence-corrected chi connectivity index (χ3v) is 3.03. The summed E-state index contributed by atoms with van der Waals surface area (Å²) in [5.74, 6) is 0. The smallest absolute Gasteiger partial charge is 0.0928 e. The van der Waals surface area contributed by atoms with Gasteiger partial charge in [-0.2, -0.15) is 0 Å². The molecular weight excluding hydrogens is 194 g/mol. The van der Waals surface area contributed by atoms with Crippen molar-refractivity contribution < 1.29 is 5.11 Å². The average Bonchev–Trinajstić information content (AvgIpc) is 2.52. The van der Waals surface area contributed by atoms with Gasteiger partial charge in [-0.3, -0.25) is 0 Å². The maximum Gasteiger partial charge on any atom is 0.0928 e. The van der Waals surface area contributed by atoms with Crippen LogP contribution in [0.1, 0.15) is 44.3 Å². The van der Waals surface area contributed by atoms with Gasteiger partial charge in [0.1, 0.15) is 0 Å². The zero-order chi connectivity index (χ0) is 10.6. The number of nitrogens with zero attached hydrogens (tertiary/aromatic N) is 1. The van der Waals surface area contributed by atoms with Gasteiger partial charge in [0.25, 0.3) is 0 Å². The number of unbranched alkanes of at least 4 members (excludes halogenated alkanes) is 1. The Labute approximate surface area is 90.0 Å². The van der Waals surface area contributed by atoms with E-state index in [2.05, 4.69) is 31.1 Å². The number of aryl methyl sites for hydroxylation is 1. The van der Waals surface area contributed by atoms with Crippen LogP contribution in [0.3, 0.4) is 0 Å². The van der Waals surface area contributed by atoms with E-state index in [-0.39, 0.29) is 12.0 Å². The number of aliphatic hydroxyl groups excluding tert-OH is 1. The Morgan fingerprint density at radius 2 is 2.07 bits per heavy atom. The molecule has 0 aliphatic carbocycles. The van der Waals surface area contributed by atoms with Gasteiger partial charge in [-0.15, -0.1) is 11.3 Å². The van der Waals surface area contributed by atoms with Crippen LogP contribution in [0.5, 0.6) is 0 Å². The van der Waals surface area contributed by atoms with Crippen LogP contribution in [-0.4, -0.2) is 16.7 Å². The number of thiazole rings is 1. The normalized spacial score (nSPS) is 12.0. The van der Waals surface area contributed by atoms with Crippen LogP contribution in [0.4, 0.5) is 0 Å². The molecular formula is C11H19NOS. The molecule has 1 N–H and O–H groups in total. The summed E-state index contributed by atoms with van der Waals surface area (Å²) in [7, 11) is 0. The minimum absolute atomic E-state index is 0.158. The summed E-state index contributed by atoms with van der Waals surface area (Å²) in [4.78, 5) is 4.59. The van der Waals surface area contributed by atoms with Gasteiger partial charge in [0.15, 0.2) is 0 Å². The molecule has 0 spiro atoms. The van der Waals surface area contributed by atoms with E-state index >= 15 is 0 Å². The molecule has 1 aromatic heterocycles. The first kappa shape index (κ1) is 11.7. The number of hydrogen-bond acceptors (Lipinski definition) is 3. The van der Waals surface area contributed by atoms with Crippen LogP contribution < -0.4 is 0 Å². The van der Waals surface area contributed by atoms with E-state index in [0.29, 0.717) is 0 Å². The van der Waals surface area contributed by atoms with Crippen LogP contribution >= 0.6 is 11.3 Å². The molecule has 0 bridgehead atoms. The van der Waals surface area contributed by atoms with Crippen LogP contribution in [0.15, 0.2) is 5.38 Å².